The van der Waals surface area contributed by atoms with Crippen LogP contribution in [0.4, 0.5) is 11.8 Å². The molecular formula is C18H29N5O3. The first-order valence-corrected chi connectivity index (χ1v) is 9.46. The Morgan fingerprint density at radius 2 is 1.73 bits per heavy atom. The second-order valence-electron chi connectivity index (χ2n) is 7.32. The number of hydrogen-bond donors (Lipinski definition) is 4. The average Bonchev–Trinajstić information content (AvgIpc) is 2.64. The lowest BCUT2D eigenvalue weighted by Gasteiger charge is -2.29. The average molecular weight is 363 g/mol. The van der Waals surface area contributed by atoms with Gasteiger partial charge in [-0.05, 0) is 51.4 Å². The Bertz CT molecular complexity index is 611. The molecule has 8 heteroatoms. The number of nitrogens with zero attached hydrogens (tertiary/aromatic N) is 2. The highest BCUT2D eigenvalue weighted by atomic mass is 16.5. The molecular weight excluding hydrogens is 334 g/mol. The number of carbonyl (C=O) groups excluding carboxylic acids is 1. The fourth-order valence-electron chi connectivity index (χ4n) is 3.78. The maximum absolute atomic E-state index is 11.7. The maximum Gasteiger partial charge on any atom is 0.254 e. The van der Waals surface area contributed by atoms with E-state index in [2.05, 4.69) is 20.6 Å². The van der Waals surface area contributed by atoms with Crippen LogP contribution in [0.1, 0.15) is 61.7 Å². The van der Waals surface area contributed by atoms with Gasteiger partial charge in [-0.3, -0.25) is 4.79 Å². The fraction of sp³-hybridized carbons (Fsp3) is 0.722. The number of nitrogens with two attached hydrogens (primary N) is 1. The zero-order chi connectivity index (χ0) is 18.5. The van der Waals surface area contributed by atoms with E-state index in [1.54, 1.807) is 7.11 Å². The minimum Gasteiger partial charge on any atom is -0.393 e. The van der Waals surface area contributed by atoms with Crippen LogP contribution in [-0.2, 0) is 4.74 Å². The zero-order valence-electron chi connectivity index (χ0n) is 15.3. The van der Waals surface area contributed by atoms with Gasteiger partial charge in [0.15, 0.2) is 0 Å². The number of methoxy groups -OCH3 is 1. The van der Waals surface area contributed by atoms with Crippen LogP contribution >= 0.6 is 0 Å². The van der Waals surface area contributed by atoms with Gasteiger partial charge in [0.2, 0.25) is 5.95 Å². The van der Waals surface area contributed by atoms with Gasteiger partial charge >= 0.3 is 0 Å². The summed E-state index contributed by atoms with van der Waals surface area (Å²) in [5.41, 5.74) is 5.77. The predicted octanol–water partition coefficient (Wildman–Crippen LogP) is 1.66. The monoisotopic (exact) mass is 363 g/mol. The second-order valence-corrected chi connectivity index (χ2v) is 7.32. The molecule has 0 radical (unpaired) electrons. The van der Waals surface area contributed by atoms with E-state index < -0.39 is 5.91 Å². The van der Waals surface area contributed by atoms with Crippen LogP contribution in [0, 0.1) is 0 Å². The van der Waals surface area contributed by atoms with Gasteiger partial charge in [0.1, 0.15) is 5.82 Å². The van der Waals surface area contributed by atoms with Crippen molar-refractivity contribution in [3.8, 4) is 0 Å². The molecule has 0 atom stereocenters. The Hall–Kier alpha value is -1.93. The topological polar surface area (TPSA) is 122 Å². The minimum atomic E-state index is -0.546. The zero-order valence-corrected chi connectivity index (χ0v) is 15.3. The van der Waals surface area contributed by atoms with E-state index >= 15 is 0 Å². The number of ether oxygens (including phenoxy) is 1. The van der Waals surface area contributed by atoms with Crippen LogP contribution in [0.3, 0.4) is 0 Å². The summed E-state index contributed by atoms with van der Waals surface area (Å²) in [5.74, 6) is 0.437. The van der Waals surface area contributed by atoms with Crippen LogP contribution in [-0.4, -0.2) is 52.4 Å². The molecule has 1 aromatic rings. The summed E-state index contributed by atoms with van der Waals surface area (Å²) in [5, 5.41) is 16.3. The number of nitrogens with one attached hydrogen (secondary N) is 2. The largest absolute Gasteiger partial charge is 0.393 e. The van der Waals surface area contributed by atoms with Crippen molar-refractivity contribution in [3.63, 3.8) is 0 Å². The number of hydrogen-bond acceptors (Lipinski definition) is 7. The smallest absolute Gasteiger partial charge is 0.254 e. The summed E-state index contributed by atoms with van der Waals surface area (Å²) >= 11 is 0. The number of primary amides is 1. The molecule has 1 heterocycles. The second kappa shape index (κ2) is 8.64. The SMILES string of the molecule is CO[C@H]1CC[C@H](Nc2ncc(C(N)=O)c(N[C@H]3CC[C@@H](O)CC3)n2)CC1. The number of aliphatic hydroxyl groups is 1. The molecule has 5 N–H and O–H groups in total. The van der Waals surface area contributed by atoms with Gasteiger partial charge in [0.25, 0.3) is 5.91 Å². The van der Waals surface area contributed by atoms with Crippen LogP contribution in [0.5, 0.6) is 0 Å². The lowest BCUT2D eigenvalue weighted by Crippen LogP contribution is -2.31. The summed E-state index contributed by atoms with van der Waals surface area (Å²) in [4.78, 5) is 20.5. The Balaban J connectivity index is 1.67. The predicted molar refractivity (Wildman–Crippen MR) is 99.1 cm³/mol. The van der Waals surface area contributed by atoms with Crippen molar-refractivity contribution in [2.24, 2.45) is 5.73 Å². The third-order valence-electron chi connectivity index (χ3n) is 5.43. The molecule has 144 valence electrons. The van der Waals surface area contributed by atoms with E-state index in [0.29, 0.717) is 29.5 Å². The molecule has 26 heavy (non-hydrogen) atoms. The minimum absolute atomic E-state index is 0.177. The molecule has 0 aliphatic heterocycles. The lowest BCUT2D eigenvalue weighted by molar-refractivity contribution is 0.0681. The molecule has 2 aliphatic carbocycles. The van der Waals surface area contributed by atoms with Gasteiger partial charge in [0.05, 0.1) is 17.8 Å². The number of aliphatic hydroxyl groups excluding tert-OH is 1. The van der Waals surface area contributed by atoms with Crippen molar-refractivity contribution < 1.29 is 14.6 Å². The lowest BCUT2D eigenvalue weighted by atomic mass is 9.93. The van der Waals surface area contributed by atoms with Crippen LogP contribution in [0.2, 0.25) is 0 Å². The third-order valence-corrected chi connectivity index (χ3v) is 5.43. The summed E-state index contributed by atoms with van der Waals surface area (Å²) in [6.07, 6.45) is 8.82. The van der Waals surface area contributed by atoms with E-state index in [-0.39, 0.29) is 12.1 Å². The number of aromatic nitrogens is 2. The van der Waals surface area contributed by atoms with E-state index in [0.717, 1.165) is 51.4 Å². The maximum atomic E-state index is 11.7. The Labute approximate surface area is 153 Å². The number of anilines is 2. The molecule has 1 aromatic heterocycles. The van der Waals surface area contributed by atoms with Gasteiger partial charge in [-0.25, -0.2) is 4.98 Å². The van der Waals surface area contributed by atoms with E-state index in [4.69, 9.17) is 10.5 Å². The summed E-state index contributed by atoms with van der Waals surface area (Å²) in [6, 6.07) is 0.481. The first-order chi connectivity index (χ1) is 12.5. The van der Waals surface area contributed by atoms with Crippen molar-refractivity contribution in [2.75, 3.05) is 17.7 Å². The molecule has 8 nitrogen and oxygen atoms in total. The molecule has 2 fully saturated rings. The highest BCUT2D eigenvalue weighted by molar-refractivity contribution is 5.97. The Morgan fingerprint density at radius 3 is 2.35 bits per heavy atom. The van der Waals surface area contributed by atoms with E-state index in [1.807, 2.05) is 0 Å². The Morgan fingerprint density at radius 1 is 1.12 bits per heavy atom. The summed E-state index contributed by atoms with van der Waals surface area (Å²) in [6.45, 7) is 0. The van der Waals surface area contributed by atoms with Gasteiger partial charge in [-0.2, -0.15) is 4.98 Å². The molecule has 0 bridgehead atoms. The third kappa shape index (κ3) is 4.82. The fourth-order valence-corrected chi connectivity index (χ4v) is 3.78. The molecule has 2 saturated carbocycles. The normalized spacial score (nSPS) is 29.2. The summed E-state index contributed by atoms with van der Waals surface area (Å²) in [7, 11) is 1.76. The molecule has 2 aliphatic rings. The quantitative estimate of drug-likeness (QED) is 0.606. The molecule has 0 saturated heterocycles. The molecule has 1 amide bonds. The van der Waals surface area contributed by atoms with E-state index in [1.165, 1.54) is 6.20 Å². The first kappa shape index (κ1) is 18.8. The highest BCUT2D eigenvalue weighted by Crippen LogP contribution is 2.25. The van der Waals surface area contributed by atoms with Crippen molar-refractivity contribution >= 4 is 17.7 Å². The molecule has 0 unspecified atom stereocenters. The standard InChI is InChI=1S/C18H29N5O3/c1-26-14-8-4-12(5-9-14)22-18-20-10-15(16(19)25)17(23-18)21-11-2-6-13(24)7-3-11/h10-14,24H,2-9H2,1H3,(H2,19,25)(H2,20,21,22,23)/t11-,12-,13+,14-. The van der Waals surface area contributed by atoms with Crippen molar-refractivity contribution in [1.82, 2.24) is 9.97 Å². The van der Waals surface area contributed by atoms with Gasteiger partial charge in [0, 0.05) is 25.4 Å². The highest BCUT2D eigenvalue weighted by Gasteiger charge is 2.24. The van der Waals surface area contributed by atoms with E-state index in [9.17, 15) is 9.90 Å². The molecule has 3 rings (SSSR count). The van der Waals surface area contributed by atoms with Gasteiger partial charge in [-0.1, -0.05) is 0 Å². The number of amides is 1. The van der Waals surface area contributed by atoms with Crippen LogP contribution in [0.25, 0.3) is 0 Å². The number of carbonyl (C=O) groups is 1. The van der Waals surface area contributed by atoms with Crippen LogP contribution in [0.15, 0.2) is 6.20 Å². The van der Waals surface area contributed by atoms with Crippen molar-refractivity contribution in [1.29, 1.82) is 0 Å². The molecule has 0 aromatic carbocycles. The van der Waals surface area contributed by atoms with Crippen LogP contribution < -0.4 is 16.4 Å². The van der Waals surface area contributed by atoms with Crippen molar-refractivity contribution in [3.05, 3.63) is 11.8 Å². The molecule has 0 spiro atoms. The Kier molecular flexibility index (Phi) is 6.26. The summed E-state index contributed by atoms with van der Waals surface area (Å²) < 4.78 is 5.40. The van der Waals surface area contributed by atoms with Crippen molar-refractivity contribution in [2.45, 2.75) is 75.7 Å². The number of rotatable bonds is 6. The van der Waals surface area contributed by atoms with Gasteiger partial charge < -0.3 is 26.2 Å². The van der Waals surface area contributed by atoms with Gasteiger partial charge in [-0.15, -0.1) is 0 Å². The first-order valence-electron chi connectivity index (χ1n) is 9.46.